The Morgan fingerprint density at radius 3 is 2.70 bits per heavy atom. The van der Waals surface area contributed by atoms with E-state index in [0.29, 0.717) is 21.0 Å². The highest BCUT2D eigenvalue weighted by molar-refractivity contribution is 9.11. The van der Waals surface area contributed by atoms with E-state index >= 15 is 0 Å². The first kappa shape index (κ1) is 17.2. The lowest BCUT2D eigenvalue weighted by Gasteiger charge is -2.03. The number of benzene rings is 2. The standard InChI is InChI=1S/C19H12Br2N2O3S/c1-8-3-12-17(16(21)9(8)2)22-19-23(12)18(24)15(27-19)5-10-4-13-14(6-11(10)20)26-7-25-13/h3-6H,7H2,1-2H3/b15-5+. The quantitative estimate of drug-likeness (QED) is 0.385. The molecule has 0 aliphatic carbocycles. The lowest BCUT2D eigenvalue weighted by Crippen LogP contribution is -2.22. The minimum absolute atomic E-state index is 0.0720. The first-order valence-corrected chi connectivity index (χ1v) is 10.6. The maximum Gasteiger partial charge on any atom is 0.274 e. The predicted molar refractivity (Wildman–Crippen MR) is 113 cm³/mol. The van der Waals surface area contributed by atoms with Crippen molar-refractivity contribution < 1.29 is 9.47 Å². The maximum atomic E-state index is 13.1. The molecule has 0 saturated carbocycles. The molecule has 0 atom stereocenters. The van der Waals surface area contributed by atoms with Crippen LogP contribution in [-0.4, -0.2) is 16.2 Å². The molecule has 1 aliphatic heterocycles. The van der Waals surface area contributed by atoms with Gasteiger partial charge in [-0.15, -0.1) is 0 Å². The van der Waals surface area contributed by atoms with Crippen molar-refractivity contribution in [2.24, 2.45) is 0 Å². The fraction of sp³-hybridized carbons (Fsp3) is 0.158. The average molecular weight is 508 g/mol. The Hall–Kier alpha value is -1.90. The summed E-state index contributed by atoms with van der Waals surface area (Å²) < 4.78 is 14.9. The zero-order valence-electron chi connectivity index (χ0n) is 14.3. The molecule has 4 aromatic rings. The normalized spacial score (nSPS) is 14.0. The molecule has 8 heteroatoms. The lowest BCUT2D eigenvalue weighted by molar-refractivity contribution is 0.174. The van der Waals surface area contributed by atoms with Gasteiger partial charge in [-0.05, 0) is 70.7 Å². The van der Waals surface area contributed by atoms with Gasteiger partial charge in [-0.2, -0.15) is 0 Å². The van der Waals surface area contributed by atoms with Gasteiger partial charge in [0.15, 0.2) is 16.5 Å². The number of ether oxygens (including phenoxy) is 2. The first-order chi connectivity index (χ1) is 12.9. The molecule has 27 heavy (non-hydrogen) atoms. The summed E-state index contributed by atoms with van der Waals surface area (Å²) in [6, 6.07) is 5.75. The van der Waals surface area contributed by atoms with Gasteiger partial charge in [-0.3, -0.25) is 4.79 Å². The summed E-state index contributed by atoms with van der Waals surface area (Å²) in [6.45, 7) is 4.29. The Morgan fingerprint density at radius 2 is 1.93 bits per heavy atom. The number of halogens is 2. The smallest absolute Gasteiger partial charge is 0.274 e. The van der Waals surface area contributed by atoms with Crippen molar-refractivity contribution in [2.45, 2.75) is 13.8 Å². The number of aryl methyl sites for hydroxylation is 1. The second kappa shape index (κ2) is 6.05. The van der Waals surface area contributed by atoms with Crippen molar-refractivity contribution in [1.29, 1.82) is 0 Å². The summed E-state index contributed by atoms with van der Waals surface area (Å²) in [5.74, 6) is 1.38. The molecule has 0 N–H and O–H groups in total. The summed E-state index contributed by atoms with van der Waals surface area (Å²) in [5, 5.41) is 0. The molecule has 5 rings (SSSR count). The van der Waals surface area contributed by atoms with Gasteiger partial charge in [-0.1, -0.05) is 27.3 Å². The van der Waals surface area contributed by atoms with Crippen molar-refractivity contribution in [2.75, 3.05) is 6.79 Å². The summed E-state index contributed by atoms with van der Waals surface area (Å²) in [4.78, 5) is 18.4. The SMILES string of the molecule is Cc1cc2c(nc3s/c(=C/c4cc5c(cc4Br)OCO5)c(=O)n32)c(Br)c1C. The van der Waals surface area contributed by atoms with Crippen LogP contribution in [0.25, 0.3) is 22.1 Å². The first-order valence-electron chi connectivity index (χ1n) is 8.15. The number of hydrogen-bond acceptors (Lipinski definition) is 5. The molecule has 3 heterocycles. The number of fused-ring (bicyclic) bond motifs is 4. The van der Waals surface area contributed by atoms with Crippen LogP contribution in [0, 0.1) is 13.8 Å². The molecule has 2 aromatic carbocycles. The molecular formula is C19H12Br2N2O3S. The van der Waals surface area contributed by atoms with E-state index in [1.54, 1.807) is 4.40 Å². The second-order valence-electron chi connectivity index (χ2n) is 6.37. The van der Waals surface area contributed by atoms with Gasteiger partial charge in [0.2, 0.25) is 6.79 Å². The van der Waals surface area contributed by atoms with E-state index in [0.717, 1.165) is 36.7 Å². The molecule has 0 saturated heterocycles. The zero-order valence-corrected chi connectivity index (χ0v) is 18.3. The van der Waals surface area contributed by atoms with Crippen molar-refractivity contribution in [3.8, 4) is 11.5 Å². The molecule has 2 aromatic heterocycles. The number of imidazole rings is 1. The monoisotopic (exact) mass is 506 g/mol. The van der Waals surface area contributed by atoms with Crippen LogP contribution in [-0.2, 0) is 0 Å². The van der Waals surface area contributed by atoms with Gasteiger partial charge in [0.25, 0.3) is 5.56 Å². The fourth-order valence-electron chi connectivity index (χ4n) is 3.16. The molecule has 1 aliphatic rings. The van der Waals surface area contributed by atoms with Crippen molar-refractivity contribution in [1.82, 2.24) is 9.38 Å². The largest absolute Gasteiger partial charge is 0.454 e. The third-order valence-corrected chi connectivity index (χ3v) is 7.38. The summed E-state index contributed by atoms with van der Waals surface area (Å²) in [7, 11) is 0. The molecule has 0 fully saturated rings. The van der Waals surface area contributed by atoms with Crippen LogP contribution in [0.1, 0.15) is 16.7 Å². The number of thiazole rings is 1. The highest BCUT2D eigenvalue weighted by Gasteiger charge is 2.18. The average Bonchev–Trinajstić information content (AvgIpc) is 3.30. The molecule has 0 radical (unpaired) electrons. The maximum absolute atomic E-state index is 13.1. The molecule has 0 bridgehead atoms. The Kier molecular flexibility index (Phi) is 3.86. The highest BCUT2D eigenvalue weighted by Crippen LogP contribution is 2.37. The van der Waals surface area contributed by atoms with Crippen molar-refractivity contribution in [3.63, 3.8) is 0 Å². The molecule has 0 unspecified atom stereocenters. The molecule has 0 spiro atoms. The summed E-state index contributed by atoms with van der Waals surface area (Å²) in [5.41, 5.74) is 4.68. The number of nitrogens with zero attached hydrogens (tertiary/aromatic N) is 2. The molecule has 136 valence electrons. The number of hydrogen-bond donors (Lipinski definition) is 0. The highest BCUT2D eigenvalue weighted by atomic mass is 79.9. The third kappa shape index (κ3) is 2.54. The summed E-state index contributed by atoms with van der Waals surface area (Å²) in [6.07, 6.45) is 1.86. The van der Waals surface area contributed by atoms with E-state index in [9.17, 15) is 4.79 Å². The van der Waals surface area contributed by atoms with Gasteiger partial charge in [-0.25, -0.2) is 9.38 Å². The Morgan fingerprint density at radius 1 is 1.19 bits per heavy atom. The van der Waals surface area contributed by atoms with Crippen LogP contribution in [0.3, 0.4) is 0 Å². The Bertz CT molecular complexity index is 1370. The predicted octanol–water partition coefficient (Wildman–Crippen LogP) is 4.33. The topological polar surface area (TPSA) is 52.8 Å². The number of aromatic nitrogens is 2. The van der Waals surface area contributed by atoms with Crippen molar-refractivity contribution in [3.05, 3.63) is 58.7 Å². The van der Waals surface area contributed by atoms with Gasteiger partial charge >= 0.3 is 0 Å². The fourth-order valence-corrected chi connectivity index (χ4v) is 5.18. The molecular weight excluding hydrogens is 496 g/mol. The van der Waals surface area contributed by atoms with Crippen LogP contribution in [0.5, 0.6) is 11.5 Å². The molecule has 0 amide bonds. The zero-order chi connectivity index (χ0) is 18.9. The van der Waals surface area contributed by atoms with E-state index in [2.05, 4.69) is 36.8 Å². The van der Waals surface area contributed by atoms with E-state index in [-0.39, 0.29) is 12.4 Å². The van der Waals surface area contributed by atoms with E-state index in [1.807, 2.05) is 38.1 Å². The second-order valence-corrected chi connectivity index (χ2v) is 9.03. The lowest BCUT2D eigenvalue weighted by atomic mass is 10.1. The van der Waals surface area contributed by atoms with Crippen LogP contribution < -0.4 is 19.6 Å². The van der Waals surface area contributed by atoms with Gasteiger partial charge in [0, 0.05) is 8.95 Å². The van der Waals surface area contributed by atoms with Crippen molar-refractivity contribution >= 4 is 65.3 Å². The van der Waals surface area contributed by atoms with E-state index < -0.39 is 0 Å². The Labute approximate surface area is 174 Å². The van der Waals surface area contributed by atoms with Crippen LogP contribution in [0.4, 0.5) is 0 Å². The van der Waals surface area contributed by atoms with Gasteiger partial charge in [0.05, 0.1) is 10.0 Å². The minimum atomic E-state index is -0.0720. The molecule has 5 nitrogen and oxygen atoms in total. The minimum Gasteiger partial charge on any atom is -0.454 e. The van der Waals surface area contributed by atoms with Crippen LogP contribution in [0.2, 0.25) is 0 Å². The van der Waals surface area contributed by atoms with E-state index in [1.165, 1.54) is 11.3 Å². The third-order valence-electron chi connectivity index (χ3n) is 4.76. The number of rotatable bonds is 1. The Balaban J connectivity index is 1.77. The van der Waals surface area contributed by atoms with Crippen LogP contribution in [0.15, 0.2) is 31.9 Å². The summed E-state index contributed by atoms with van der Waals surface area (Å²) >= 11 is 8.53. The van der Waals surface area contributed by atoms with Crippen LogP contribution >= 0.6 is 43.2 Å². The van der Waals surface area contributed by atoms with E-state index in [4.69, 9.17) is 9.47 Å². The van der Waals surface area contributed by atoms with Gasteiger partial charge in [0.1, 0.15) is 5.52 Å². The van der Waals surface area contributed by atoms with Gasteiger partial charge < -0.3 is 9.47 Å².